The summed E-state index contributed by atoms with van der Waals surface area (Å²) in [6, 6.07) is 5.92. The smallest absolute Gasteiger partial charge is 0.327 e. The Balaban J connectivity index is 2.50. The van der Waals surface area contributed by atoms with Gasteiger partial charge in [-0.15, -0.1) is 0 Å². The molecule has 0 spiro atoms. The van der Waals surface area contributed by atoms with Gasteiger partial charge in [-0.3, -0.25) is 4.31 Å². The molecule has 0 fully saturated rings. The Labute approximate surface area is 106 Å². The molecule has 0 aromatic heterocycles. The summed E-state index contributed by atoms with van der Waals surface area (Å²) in [5.41, 5.74) is 1.27. The highest BCUT2D eigenvalue weighted by Crippen LogP contribution is 2.34. The van der Waals surface area contributed by atoms with Crippen LogP contribution in [0.2, 0.25) is 0 Å². The molecule has 18 heavy (non-hydrogen) atoms. The Morgan fingerprint density at radius 2 is 2.11 bits per heavy atom. The number of para-hydroxylation sites is 1. The van der Waals surface area contributed by atoms with Crippen LogP contribution in [0.4, 0.5) is 5.69 Å². The number of carboxylic acids is 1. The molecular formula is C12H15NO4S. The molecule has 0 bridgehead atoms. The minimum Gasteiger partial charge on any atom is -0.480 e. The van der Waals surface area contributed by atoms with Gasteiger partial charge in [0.25, 0.3) is 0 Å². The molecule has 1 aromatic carbocycles. The fourth-order valence-electron chi connectivity index (χ4n) is 2.25. The maximum atomic E-state index is 12.2. The fraction of sp³-hybridized carbons (Fsp3) is 0.417. The predicted octanol–water partition coefficient (Wildman–Crippen LogP) is 1.24. The third kappa shape index (κ3) is 2.08. The lowest BCUT2D eigenvalue weighted by Gasteiger charge is -2.23. The van der Waals surface area contributed by atoms with Gasteiger partial charge in [-0.25, -0.2) is 13.2 Å². The first-order valence-electron chi connectivity index (χ1n) is 5.80. The standard InChI is InChI=1S/C12H15NO4S/c1-2-7-18(16,17)13-10-6-4-3-5-9(10)8-11(13)12(14)15/h3-6,11H,2,7-8H2,1H3,(H,14,15)/t11-/m0/s1. The maximum absolute atomic E-state index is 12.2. The molecule has 0 amide bonds. The van der Waals surface area contributed by atoms with Crippen LogP contribution in [-0.2, 0) is 21.2 Å². The molecule has 1 aliphatic rings. The van der Waals surface area contributed by atoms with Gasteiger partial charge in [0.05, 0.1) is 11.4 Å². The average molecular weight is 269 g/mol. The van der Waals surface area contributed by atoms with Crippen LogP contribution in [0.15, 0.2) is 24.3 Å². The van der Waals surface area contributed by atoms with Crippen molar-refractivity contribution >= 4 is 21.7 Å². The lowest BCUT2D eigenvalue weighted by Crippen LogP contribution is -2.43. The summed E-state index contributed by atoms with van der Waals surface area (Å²) in [6.45, 7) is 1.76. The van der Waals surface area contributed by atoms with Gasteiger partial charge in [-0.1, -0.05) is 25.1 Å². The first-order valence-corrected chi connectivity index (χ1v) is 7.41. The summed E-state index contributed by atoms with van der Waals surface area (Å²) in [7, 11) is -3.57. The Hall–Kier alpha value is -1.56. The second-order valence-electron chi connectivity index (χ2n) is 4.30. The van der Waals surface area contributed by atoms with E-state index in [1.165, 1.54) is 0 Å². The number of sulfonamides is 1. The van der Waals surface area contributed by atoms with E-state index in [-0.39, 0.29) is 12.2 Å². The Bertz CT molecular complexity index is 567. The quantitative estimate of drug-likeness (QED) is 0.892. The Kier molecular flexibility index (Phi) is 3.30. The number of nitrogens with zero attached hydrogens (tertiary/aromatic N) is 1. The van der Waals surface area contributed by atoms with E-state index < -0.39 is 22.0 Å². The first kappa shape index (κ1) is 12.9. The van der Waals surface area contributed by atoms with Crippen molar-refractivity contribution in [1.29, 1.82) is 0 Å². The Morgan fingerprint density at radius 1 is 1.44 bits per heavy atom. The molecule has 0 unspecified atom stereocenters. The molecule has 6 heteroatoms. The van der Waals surface area contributed by atoms with Gasteiger partial charge in [0.15, 0.2) is 0 Å². The minimum atomic E-state index is -3.57. The van der Waals surface area contributed by atoms with Gasteiger partial charge in [-0.05, 0) is 18.1 Å². The molecular weight excluding hydrogens is 254 g/mol. The Morgan fingerprint density at radius 3 is 2.72 bits per heavy atom. The van der Waals surface area contributed by atoms with Crippen LogP contribution in [0.5, 0.6) is 0 Å². The molecule has 1 aliphatic heterocycles. The van der Waals surface area contributed by atoms with Crippen LogP contribution in [0.1, 0.15) is 18.9 Å². The molecule has 0 radical (unpaired) electrons. The molecule has 0 aliphatic carbocycles. The van der Waals surface area contributed by atoms with Crippen LogP contribution < -0.4 is 4.31 Å². The van der Waals surface area contributed by atoms with Crippen molar-refractivity contribution in [3.63, 3.8) is 0 Å². The highest BCUT2D eigenvalue weighted by atomic mass is 32.2. The van der Waals surface area contributed by atoms with E-state index in [2.05, 4.69) is 0 Å². The van der Waals surface area contributed by atoms with Crippen LogP contribution in [-0.4, -0.2) is 31.3 Å². The molecule has 0 saturated heterocycles. The highest BCUT2D eigenvalue weighted by Gasteiger charge is 2.40. The van der Waals surface area contributed by atoms with Gasteiger partial charge in [0.2, 0.25) is 10.0 Å². The summed E-state index contributed by atoms with van der Waals surface area (Å²) >= 11 is 0. The van der Waals surface area contributed by atoms with Crippen molar-refractivity contribution in [3.05, 3.63) is 29.8 Å². The number of anilines is 1. The SMILES string of the molecule is CCCS(=O)(=O)N1c2ccccc2C[C@H]1C(=O)O. The van der Waals surface area contributed by atoms with Crippen molar-refractivity contribution in [2.24, 2.45) is 0 Å². The molecule has 1 N–H and O–H groups in total. The lowest BCUT2D eigenvalue weighted by molar-refractivity contribution is -0.138. The summed E-state index contributed by atoms with van der Waals surface area (Å²) in [6.07, 6.45) is 0.696. The lowest BCUT2D eigenvalue weighted by atomic mass is 10.1. The normalized spacial score (nSPS) is 18.7. The molecule has 5 nitrogen and oxygen atoms in total. The number of carbonyl (C=O) groups is 1. The van der Waals surface area contributed by atoms with Gasteiger partial charge in [0.1, 0.15) is 6.04 Å². The largest absolute Gasteiger partial charge is 0.480 e. The van der Waals surface area contributed by atoms with Gasteiger partial charge in [-0.2, -0.15) is 0 Å². The second-order valence-corrected chi connectivity index (χ2v) is 6.26. The highest BCUT2D eigenvalue weighted by molar-refractivity contribution is 7.92. The number of fused-ring (bicyclic) bond motifs is 1. The van der Waals surface area contributed by atoms with Crippen molar-refractivity contribution in [2.45, 2.75) is 25.8 Å². The van der Waals surface area contributed by atoms with Crippen molar-refractivity contribution < 1.29 is 18.3 Å². The van der Waals surface area contributed by atoms with E-state index in [9.17, 15) is 18.3 Å². The molecule has 2 rings (SSSR count). The van der Waals surface area contributed by atoms with E-state index in [0.717, 1.165) is 9.87 Å². The van der Waals surface area contributed by atoms with Crippen LogP contribution in [0.3, 0.4) is 0 Å². The molecule has 1 aromatic rings. The van der Waals surface area contributed by atoms with Crippen LogP contribution >= 0.6 is 0 Å². The van der Waals surface area contributed by atoms with Crippen molar-refractivity contribution in [1.82, 2.24) is 0 Å². The van der Waals surface area contributed by atoms with Gasteiger partial charge in [0, 0.05) is 6.42 Å². The van der Waals surface area contributed by atoms with E-state index in [1.807, 2.05) is 0 Å². The third-order valence-electron chi connectivity index (χ3n) is 2.97. The summed E-state index contributed by atoms with van der Waals surface area (Å²) < 4.78 is 25.4. The summed E-state index contributed by atoms with van der Waals surface area (Å²) in [4.78, 5) is 11.2. The average Bonchev–Trinajstić information content (AvgIpc) is 2.68. The van der Waals surface area contributed by atoms with Crippen LogP contribution in [0, 0.1) is 0 Å². The summed E-state index contributed by atoms with van der Waals surface area (Å²) in [5.74, 6) is -1.14. The molecule has 0 saturated carbocycles. The molecule has 1 heterocycles. The van der Waals surface area contributed by atoms with E-state index in [0.29, 0.717) is 12.1 Å². The van der Waals surface area contributed by atoms with E-state index in [4.69, 9.17) is 0 Å². The maximum Gasteiger partial charge on any atom is 0.327 e. The fourth-order valence-corrected chi connectivity index (χ4v) is 3.99. The number of aliphatic carboxylic acids is 1. The summed E-state index contributed by atoms with van der Waals surface area (Å²) in [5, 5.41) is 9.18. The number of hydrogen-bond acceptors (Lipinski definition) is 3. The number of benzene rings is 1. The number of carboxylic acid groups (broad SMARTS) is 1. The van der Waals surface area contributed by atoms with E-state index >= 15 is 0 Å². The minimum absolute atomic E-state index is 0.0366. The predicted molar refractivity (Wildman–Crippen MR) is 68.1 cm³/mol. The first-order chi connectivity index (χ1) is 8.47. The molecule has 1 atom stereocenters. The van der Waals surface area contributed by atoms with Crippen molar-refractivity contribution in [3.8, 4) is 0 Å². The number of rotatable bonds is 4. The van der Waals surface area contributed by atoms with Crippen molar-refractivity contribution in [2.75, 3.05) is 10.1 Å². The zero-order valence-corrected chi connectivity index (χ0v) is 10.9. The van der Waals surface area contributed by atoms with Gasteiger partial charge >= 0.3 is 5.97 Å². The van der Waals surface area contributed by atoms with Gasteiger partial charge < -0.3 is 5.11 Å². The third-order valence-corrected chi connectivity index (χ3v) is 4.95. The monoisotopic (exact) mass is 269 g/mol. The zero-order valence-electron chi connectivity index (χ0n) is 10.0. The molecule has 98 valence electrons. The topological polar surface area (TPSA) is 74.7 Å². The second kappa shape index (κ2) is 4.61. The zero-order chi connectivity index (χ0) is 13.3. The number of hydrogen-bond donors (Lipinski definition) is 1. The van der Waals surface area contributed by atoms with E-state index in [1.54, 1.807) is 31.2 Å². The van der Waals surface area contributed by atoms with Crippen LogP contribution in [0.25, 0.3) is 0 Å².